The molecule has 9 unspecified atom stereocenters. The van der Waals surface area contributed by atoms with Crippen LogP contribution in [0.4, 0.5) is 4.79 Å². The van der Waals surface area contributed by atoms with Gasteiger partial charge in [-0.25, -0.2) is 18.2 Å². The van der Waals surface area contributed by atoms with Crippen LogP contribution in [0.1, 0.15) is 91.9 Å². The van der Waals surface area contributed by atoms with Gasteiger partial charge in [0.05, 0.1) is 42.6 Å². The number of alkyl carbamates (subject to hydrolysis) is 1. The molecule has 5 fully saturated rings. The number of fused-ring (bicyclic) bond motifs is 4. The van der Waals surface area contributed by atoms with Gasteiger partial charge < -0.3 is 34.5 Å². The average Bonchev–Trinajstić information content (AvgIpc) is 4.23. The average molecular weight is 913 g/mol. The van der Waals surface area contributed by atoms with E-state index in [0.717, 1.165) is 31.1 Å². The normalized spacial score (nSPS) is 31.1. The highest BCUT2D eigenvalue weighted by Gasteiger charge is 2.62. The maximum atomic E-state index is 15.1. The molecule has 65 heavy (non-hydrogen) atoms. The van der Waals surface area contributed by atoms with Crippen LogP contribution in [0.15, 0.2) is 54.7 Å². The van der Waals surface area contributed by atoms with Crippen LogP contribution in [0.2, 0.25) is 0 Å². The largest absolute Gasteiger partial charge is 0.497 e. The highest BCUT2D eigenvalue weighted by Crippen LogP contribution is 2.52. The fourth-order valence-corrected chi connectivity index (χ4v) is 11.5. The van der Waals surface area contributed by atoms with Gasteiger partial charge in [0.2, 0.25) is 27.7 Å². The molecule has 6 aliphatic rings. The number of nitrogens with one attached hydrogen (secondary N) is 3. The second-order valence-electron chi connectivity index (χ2n) is 19.6. The molecule has 3 N–H and O–H groups in total. The number of methoxy groups -OCH3 is 1. The number of nitrogens with zero attached hydrogens (tertiary/aromatic N) is 3. The standard InChI is InChI=1S/C48H60N6O10S/c1-26(2)62-34-11-15-39(49-24-34)40-21-31-20-33(61-5)10-14-38(31)44(50-40)63-36-22-41-43(55)52-48(46(57)53-65(59,60)37-12-13-37)23-32(48)9-7-6-8-27(3)16-28(4)42(45(56)54(41)25-36)51-47(58)64-35-18-29-17-30(29)19-35/h7,9-11,14-15,20-21,24,26-30,32,35-37,41-42H,6,8,12-13,16-19,22-23,25H2,1-5H3,(H,51,58)(H,52,55)(H,53,57). The van der Waals surface area contributed by atoms with Crippen LogP contribution in [0.5, 0.6) is 17.4 Å². The molecule has 2 aromatic heterocycles. The second-order valence-corrected chi connectivity index (χ2v) is 21.5. The number of pyridine rings is 2. The number of carbonyl (C=O) groups is 4. The second kappa shape index (κ2) is 17.7. The number of benzene rings is 1. The lowest BCUT2D eigenvalue weighted by Gasteiger charge is -2.33. The lowest BCUT2D eigenvalue weighted by Crippen LogP contribution is -2.59. The zero-order chi connectivity index (χ0) is 45.8. The molecule has 17 heteroatoms. The van der Waals surface area contributed by atoms with Gasteiger partial charge in [-0.3, -0.25) is 24.1 Å². The first-order valence-electron chi connectivity index (χ1n) is 23.2. The van der Waals surface area contributed by atoms with E-state index in [2.05, 4.69) is 27.3 Å². The molecule has 16 nitrogen and oxygen atoms in total. The van der Waals surface area contributed by atoms with E-state index in [0.29, 0.717) is 65.8 Å². The molecule has 9 atom stereocenters. The molecular formula is C48H60N6O10S. The summed E-state index contributed by atoms with van der Waals surface area (Å²) in [5, 5.41) is 6.63. The fraction of sp³-hybridized carbons (Fsp3) is 0.583. The monoisotopic (exact) mass is 912 g/mol. The summed E-state index contributed by atoms with van der Waals surface area (Å²) in [5.41, 5.74) is -0.478. The predicted molar refractivity (Wildman–Crippen MR) is 240 cm³/mol. The zero-order valence-corrected chi connectivity index (χ0v) is 38.5. The van der Waals surface area contributed by atoms with Gasteiger partial charge in [-0.2, -0.15) is 0 Å². The van der Waals surface area contributed by atoms with Crippen LogP contribution in [0, 0.1) is 29.6 Å². The highest BCUT2D eigenvalue weighted by atomic mass is 32.2. The molecule has 4 heterocycles. The van der Waals surface area contributed by atoms with Crippen molar-refractivity contribution in [3.8, 4) is 28.8 Å². The van der Waals surface area contributed by atoms with Crippen molar-refractivity contribution >= 4 is 44.6 Å². The molecular weight excluding hydrogens is 853 g/mol. The minimum atomic E-state index is -3.93. The molecule has 1 aromatic carbocycles. The summed E-state index contributed by atoms with van der Waals surface area (Å²) in [6.45, 7) is 7.84. The van der Waals surface area contributed by atoms with Crippen LogP contribution >= 0.6 is 0 Å². The Balaban J connectivity index is 1.05. The van der Waals surface area contributed by atoms with Gasteiger partial charge in [0.1, 0.15) is 41.3 Å². The van der Waals surface area contributed by atoms with Gasteiger partial charge >= 0.3 is 6.09 Å². The smallest absolute Gasteiger partial charge is 0.408 e. The van der Waals surface area contributed by atoms with Crippen LogP contribution in [-0.2, 0) is 29.1 Å². The Morgan fingerprint density at radius 3 is 2.42 bits per heavy atom. The third-order valence-electron chi connectivity index (χ3n) is 14.0. The lowest BCUT2D eigenvalue weighted by molar-refractivity contribution is -0.142. The van der Waals surface area contributed by atoms with Gasteiger partial charge in [0.15, 0.2) is 0 Å². The summed E-state index contributed by atoms with van der Waals surface area (Å²) < 4.78 is 52.4. The van der Waals surface area contributed by atoms with Crippen molar-refractivity contribution < 1.29 is 46.5 Å². The van der Waals surface area contributed by atoms with E-state index in [9.17, 15) is 22.8 Å². The van der Waals surface area contributed by atoms with E-state index < -0.39 is 68.7 Å². The first-order valence-corrected chi connectivity index (χ1v) is 24.7. The number of ether oxygens (including phenoxy) is 4. The van der Waals surface area contributed by atoms with Gasteiger partial charge in [-0.1, -0.05) is 26.0 Å². The van der Waals surface area contributed by atoms with Crippen LogP contribution in [-0.4, -0.2) is 102 Å². The summed E-state index contributed by atoms with van der Waals surface area (Å²) in [5.74, 6) is 0.0667. The SMILES string of the molecule is COc1ccc2c(OC3CC4C(=O)NC5(C(=O)NS(=O)(=O)C6CC6)CC5C=CCCC(C)CC(C)C(NC(=O)OC5CC6CC6C5)C(=O)N4C3)nc(-c3ccc(OC(C)C)cn3)cc2c1. The van der Waals surface area contributed by atoms with Crippen molar-refractivity contribution in [1.82, 2.24) is 30.2 Å². The van der Waals surface area contributed by atoms with Crippen molar-refractivity contribution in [3.05, 3.63) is 54.7 Å². The predicted octanol–water partition coefficient (Wildman–Crippen LogP) is 5.83. The molecule has 9 rings (SSSR count). The minimum absolute atomic E-state index is 0.00595. The Morgan fingerprint density at radius 1 is 0.938 bits per heavy atom. The number of rotatable bonds is 11. The van der Waals surface area contributed by atoms with Gasteiger partial charge in [-0.05, 0) is 137 Å². The van der Waals surface area contributed by atoms with Crippen molar-refractivity contribution in [2.45, 2.75) is 133 Å². The third kappa shape index (κ3) is 9.75. The maximum Gasteiger partial charge on any atom is 0.408 e. The number of amides is 4. The van der Waals surface area contributed by atoms with Crippen molar-refractivity contribution in [2.24, 2.45) is 29.6 Å². The highest BCUT2D eigenvalue weighted by molar-refractivity contribution is 7.91. The quantitative estimate of drug-likeness (QED) is 0.195. The Bertz CT molecular complexity index is 2470. The van der Waals surface area contributed by atoms with E-state index in [-0.39, 0.29) is 49.3 Å². The molecule has 0 spiro atoms. The fourth-order valence-electron chi connectivity index (χ4n) is 10.1. The Labute approximate surface area is 380 Å². The molecule has 0 bridgehead atoms. The summed E-state index contributed by atoms with van der Waals surface area (Å²) in [4.78, 5) is 68.6. The molecule has 4 saturated carbocycles. The summed E-state index contributed by atoms with van der Waals surface area (Å²) >= 11 is 0. The maximum absolute atomic E-state index is 15.1. The molecule has 4 amide bonds. The van der Waals surface area contributed by atoms with Crippen LogP contribution in [0.25, 0.3) is 22.2 Å². The molecule has 1 saturated heterocycles. The van der Waals surface area contributed by atoms with Gasteiger partial charge in [0, 0.05) is 17.7 Å². The van der Waals surface area contributed by atoms with Crippen molar-refractivity contribution in [1.29, 1.82) is 0 Å². The molecule has 3 aromatic rings. The number of carbonyl (C=O) groups excluding carboxylic acids is 4. The number of allylic oxidation sites excluding steroid dienone is 1. The molecule has 0 radical (unpaired) electrons. The van der Waals surface area contributed by atoms with Gasteiger partial charge in [-0.15, -0.1) is 0 Å². The lowest BCUT2D eigenvalue weighted by atomic mass is 9.88. The third-order valence-corrected chi connectivity index (χ3v) is 15.8. The van der Waals surface area contributed by atoms with E-state index >= 15 is 4.79 Å². The number of aromatic nitrogens is 2. The Hall–Kier alpha value is -5.45. The number of sulfonamides is 1. The Kier molecular flexibility index (Phi) is 12.2. The molecule has 2 aliphatic heterocycles. The van der Waals surface area contributed by atoms with Crippen molar-refractivity contribution in [2.75, 3.05) is 13.7 Å². The number of hydrogen-bond acceptors (Lipinski definition) is 12. The topological polar surface area (TPSA) is 204 Å². The molecule has 348 valence electrons. The van der Waals surface area contributed by atoms with Crippen molar-refractivity contribution in [3.63, 3.8) is 0 Å². The summed E-state index contributed by atoms with van der Waals surface area (Å²) in [6, 6.07) is 8.79. The number of hydrogen-bond donors (Lipinski definition) is 3. The van der Waals surface area contributed by atoms with E-state index in [1.165, 1.54) is 4.90 Å². The van der Waals surface area contributed by atoms with E-state index in [1.54, 1.807) is 19.4 Å². The van der Waals surface area contributed by atoms with Crippen LogP contribution < -0.4 is 29.6 Å². The molecule has 4 aliphatic carbocycles. The van der Waals surface area contributed by atoms with Gasteiger partial charge in [0.25, 0.3) is 5.91 Å². The first kappa shape index (κ1) is 44.7. The van der Waals surface area contributed by atoms with E-state index in [4.69, 9.17) is 23.9 Å². The minimum Gasteiger partial charge on any atom is -0.497 e. The summed E-state index contributed by atoms with van der Waals surface area (Å²) in [6.07, 6.45) is 9.75. The summed E-state index contributed by atoms with van der Waals surface area (Å²) in [7, 11) is -2.35. The van der Waals surface area contributed by atoms with E-state index in [1.807, 2.05) is 63.3 Å². The first-order chi connectivity index (χ1) is 31.1. The van der Waals surface area contributed by atoms with Crippen LogP contribution in [0.3, 0.4) is 0 Å². The zero-order valence-electron chi connectivity index (χ0n) is 37.7. The Morgan fingerprint density at radius 2 is 1.71 bits per heavy atom.